The van der Waals surface area contributed by atoms with E-state index in [1.54, 1.807) is 37.3 Å². The Bertz CT molecular complexity index is 662. The third-order valence-corrected chi connectivity index (χ3v) is 3.50. The van der Waals surface area contributed by atoms with Crippen LogP contribution in [0, 0.1) is 0 Å². The zero-order chi connectivity index (χ0) is 17.4. The molecule has 24 heavy (non-hydrogen) atoms. The Morgan fingerprint density at radius 2 is 1.75 bits per heavy atom. The average molecular weight is 325 g/mol. The fourth-order valence-electron chi connectivity index (χ4n) is 2.09. The van der Waals surface area contributed by atoms with Gasteiger partial charge in [0.25, 0.3) is 5.91 Å². The van der Waals surface area contributed by atoms with Crippen molar-refractivity contribution in [1.29, 1.82) is 0 Å². The molecule has 2 rings (SSSR count). The summed E-state index contributed by atoms with van der Waals surface area (Å²) in [5, 5.41) is 2.83. The Kier molecular flexibility index (Phi) is 6.43. The molecule has 0 aromatic heterocycles. The Balaban J connectivity index is 1.89. The van der Waals surface area contributed by atoms with Crippen LogP contribution in [0.1, 0.15) is 19.4 Å². The zero-order valence-electron chi connectivity index (χ0n) is 14.1. The predicted octanol–water partition coefficient (Wildman–Crippen LogP) is 4.22. The molecule has 2 aromatic rings. The lowest BCUT2D eigenvalue weighted by atomic mass is 10.2. The topological polar surface area (TPSA) is 47.6 Å². The van der Waals surface area contributed by atoms with Gasteiger partial charge in [-0.2, -0.15) is 0 Å². The summed E-state index contributed by atoms with van der Waals surface area (Å²) >= 11 is 0. The van der Waals surface area contributed by atoms with Crippen molar-refractivity contribution >= 4 is 11.6 Å². The van der Waals surface area contributed by atoms with Crippen LogP contribution in [0.2, 0.25) is 0 Å². The zero-order valence-corrected chi connectivity index (χ0v) is 14.1. The normalized spacial score (nSPS) is 11.4. The molecule has 0 aliphatic heterocycles. The van der Waals surface area contributed by atoms with E-state index in [2.05, 4.69) is 18.8 Å². The van der Waals surface area contributed by atoms with Crippen molar-refractivity contribution in [1.82, 2.24) is 0 Å². The van der Waals surface area contributed by atoms with Gasteiger partial charge in [-0.05, 0) is 55.3 Å². The van der Waals surface area contributed by atoms with Crippen LogP contribution in [0.4, 0.5) is 5.69 Å². The molecule has 0 bridgehead atoms. The highest BCUT2D eigenvalue weighted by molar-refractivity contribution is 5.94. The van der Waals surface area contributed by atoms with Crippen LogP contribution in [0.5, 0.6) is 11.5 Å². The van der Waals surface area contributed by atoms with Crippen LogP contribution >= 0.6 is 0 Å². The van der Waals surface area contributed by atoms with Gasteiger partial charge in [0.1, 0.15) is 18.1 Å². The maximum atomic E-state index is 12.2. The molecular formula is C20H23NO3. The molecule has 0 heterocycles. The van der Waals surface area contributed by atoms with Crippen LogP contribution in [0.15, 0.2) is 61.2 Å². The van der Waals surface area contributed by atoms with E-state index < -0.39 is 6.10 Å². The lowest BCUT2D eigenvalue weighted by molar-refractivity contribution is -0.122. The molecule has 4 heteroatoms. The van der Waals surface area contributed by atoms with Gasteiger partial charge in [0.05, 0.1) is 0 Å². The minimum absolute atomic E-state index is 0.200. The second-order valence-electron chi connectivity index (χ2n) is 5.37. The molecule has 1 N–H and O–H groups in total. The molecule has 1 unspecified atom stereocenters. The minimum Gasteiger partial charge on any atom is -0.490 e. The van der Waals surface area contributed by atoms with Crippen molar-refractivity contribution in [2.75, 3.05) is 11.9 Å². The maximum Gasteiger partial charge on any atom is 0.265 e. The molecular weight excluding hydrogens is 302 g/mol. The Morgan fingerprint density at radius 3 is 2.33 bits per heavy atom. The summed E-state index contributed by atoms with van der Waals surface area (Å²) in [5.74, 6) is 1.21. The molecule has 2 aromatic carbocycles. The van der Waals surface area contributed by atoms with Gasteiger partial charge in [-0.1, -0.05) is 31.7 Å². The first-order chi connectivity index (χ1) is 11.6. The Morgan fingerprint density at radius 1 is 1.12 bits per heavy atom. The Hall–Kier alpha value is -2.75. The van der Waals surface area contributed by atoms with E-state index >= 15 is 0 Å². The number of aryl methyl sites for hydroxylation is 1. The lowest BCUT2D eigenvalue weighted by Gasteiger charge is -2.15. The molecule has 1 amide bonds. The van der Waals surface area contributed by atoms with Crippen molar-refractivity contribution in [2.24, 2.45) is 0 Å². The summed E-state index contributed by atoms with van der Waals surface area (Å²) in [7, 11) is 0. The molecule has 1 atom stereocenters. The monoisotopic (exact) mass is 325 g/mol. The molecule has 0 saturated carbocycles. The second kappa shape index (κ2) is 8.77. The molecule has 0 aliphatic carbocycles. The highest BCUT2D eigenvalue weighted by atomic mass is 16.5. The first-order valence-electron chi connectivity index (χ1n) is 8.02. The van der Waals surface area contributed by atoms with Gasteiger partial charge in [0, 0.05) is 5.69 Å². The second-order valence-corrected chi connectivity index (χ2v) is 5.37. The largest absolute Gasteiger partial charge is 0.490 e. The van der Waals surface area contributed by atoms with E-state index in [9.17, 15) is 4.79 Å². The summed E-state index contributed by atoms with van der Waals surface area (Å²) in [6.07, 6.45) is 2.07. The smallest absolute Gasteiger partial charge is 0.265 e. The summed E-state index contributed by atoms with van der Waals surface area (Å²) in [5.41, 5.74) is 1.93. The van der Waals surface area contributed by atoms with Crippen molar-refractivity contribution in [3.05, 3.63) is 66.7 Å². The quantitative estimate of drug-likeness (QED) is 0.739. The maximum absolute atomic E-state index is 12.2. The SMILES string of the molecule is C=CCOc1ccc(NC(=O)C(C)Oc2ccc(CC)cc2)cc1. The number of anilines is 1. The molecule has 4 nitrogen and oxygen atoms in total. The summed E-state index contributed by atoms with van der Waals surface area (Å²) in [6.45, 7) is 7.88. The van der Waals surface area contributed by atoms with E-state index in [1.165, 1.54) is 5.56 Å². The molecule has 126 valence electrons. The van der Waals surface area contributed by atoms with Gasteiger partial charge in [-0.15, -0.1) is 0 Å². The number of carbonyl (C=O) groups is 1. The number of ether oxygens (including phenoxy) is 2. The number of amides is 1. The van der Waals surface area contributed by atoms with Gasteiger partial charge in [0.2, 0.25) is 0 Å². The number of nitrogens with one attached hydrogen (secondary N) is 1. The van der Waals surface area contributed by atoms with E-state index in [4.69, 9.17) is 9.47 Å². The van der Waals surface area contributed by atoms with Gasteiger partial charge >= 0.3 is 0 Å². The lowest BCUT2D eigenvalue weighted by Crippen LogP contribution is -2.30. The van der Waals surface area contributed by atoms with Crippen molar-refractivity contribution < 1.29 is 14.3 Å². The first kappa shape index (κ1) is 17.6. The van der Waals surface area contributed by atoms with E-state index in [-0.39, 0.29) is 5.91 Å². The highest BCUT2D eigenvalue weighted by Crippen LogP contribution is 2.17. The highest BCUT2D eigenvalue weighted by Gasteiger charge is 2.14. The van der Waals surface area contributed by atoms with E-state index in [1.807, 2.05) is 24.3 Å². The van der Waals surface area contributed by atoms with E-state index in [0.717, 1.165) is 12.2 Å². The summed E-state index contributed by atoms with van der Waals surface area (Å²) in [6, 6.07) is 15.0. The molecule has 0 spiro atoms. The van der Waals surface area contributed by atoms with Crippen LogP contribution in [-0.2, 0) is 11.2 Å². The third-order valence-electron chi connectivity index (χ3n) is 3.50. The van der Waals surface area contributed by atoms with Crippen LogP contribution in [-0.4, -0.2) is 18.6 Å². The van der Waals surface area contributed by atoms with Crippen LogP contribution in [0.25, 0.3) is 0 Å². The van der Waals surface area contributed by atoms with Crippen molar-refractivity contribution in [2.45, 2.75) is 26.4 Å². The number of hydrogen-bond donors (Lipinski definition) is 1. The van der Waals surface area contributed by atoms with Gasteiger partial charge in [0.15, 0.2) is 6.10 Å². The van der Waals surface area contributed by atoms with Gasteiger partial charge in [-0.25, -0.2) is 0 Å². The molecule has 0 aliphatic rings. The van der Waals surface area contributed by atoms with E-state index in [0.29, 0.717) is 18.0 Å². The number of carbonyl (C=O) groups excluding carboxylic acids is 1. The fourth-order valence-corrected chi connectivity index (χ4v) is 2.09. The Labute approximate surface area is 143 Å². The van der Waals surface area contributed by atoms with Crippen molar-refractivity contribution in [3.8, 4) is 11.5 Å². The predicted molar refractivity (Wildman–Crippen MR) is 96.7 cm³/mol. The van der Waals surface area contributed by atoms with Gasteiger partial charge in [-0.3, -0.25) is 4.79 Å². The van der Waals surface area contributed by atoms with Crippen LogP contribution in [0.3, 0.4) is 0 Å². The third kappa shape index (κ3) is 5.16. The first-order valence-corrected chi connectivity index (χ1v) is 8.02. The van der Waals surface area contributed by atoms with Crippen LogP contribution < -0.4 is 14.8 Å². The summed E-state index contributed by atoms with van der Waals surface area (Å²) in [4.78, 5) is 12.2. The number of rotatable bonds is 8. The van der Waals surface area contributed by atoms with Gasteiger partial charge < -0.3 is 14.8 Å². The average Bonchev–Trinajstić information content (AvgIpc) is 2.61. The molecule has 0 saturated heterocycles. The molecule has 0 radical (unpaired) electrons. The van der Waals surface area contributed by atoms with Crippen molar-refractivity contribution in [3.63, 3.8) is 0 Å². The number of hydrogen-bond acceptors (Lipinski definition) is 3. The summed E-state index contributed by atoms with van der Waals surface area (Å²) < 4.78 is 11.1. The fraction of sp³-hybridized carbons (Fsp3) is 0.250. The standard InChI is InChI=1S/C20H23NO3/c1-4-14-23-18-12-8-17(9-13-18)21-20(22)15(3)24-19-10-6-16(5-2)7-11-19/h4,6-13,15H,1,5,14H2,2-3H3,(H,21,22). The number of benzene rings is 2. The minimum atomic E-state index is -0.589. The molecule has 0 fully saturated rings.